The summed E-state index contributed by atoms with van der Waals surface area (Å²) in [5.74, 6) is 0.728. The largest absolute Gasteiger partial charge is 0.305 e. The van der Waals surface area contributed by atoms with Gasteiger partial charge < -0.3 is 4.90 Å². The van der Waals surface area contributed by atoms with Gasteiger partial charge in [0, 0.05) is 38.1 Å². The van der Waals surface area contributed by atoms with Gasteiger partial charge in [-0.15, -0.1) is 0 Å². The smallest absolute Gasteiger partial charge is 0.0237 e. The highest BCUT2D eigenvalue weighted by Gasteiger charge is 2.49. The Balaban J connectivity index is 1.62. The molecule has 0 aliphatic carbocycles. The van der Waals surface area contributed by atoms with Crippen molar-refractivity contribution >= 4 is 5.57 Å². The molecule has 3 rings (SSSR count). The molecule has 2 heteroatoms. The Kier molecular flexibility index (Phi) is 4.19. The van der Waals surface area contributed by atoms with E-state index in [0.717, 1.165) is 12.5 Å². The average Bonchev–Trinajstić information content (AvgIpc) is 2.39. The van der Waals surface area contributed by atoms with Crippen molar-refractivity contribution in [2.75, 3.05) is 39.8 Å². The number of benzene rings is 1. The summed E-state index contributed by atoms with van der Waals surface area (Å²) in [6.07, 6.45) is 3.63. The highest BCUT2D eigenvalue weighted by Crippen LogP contribution is 2.39. The maximum absolute atomic E-state index is 2.62. The zero-order chi connectivity index (χ0) is 14.9. The molecule has 0 atom stereocenters. The molecule has 2 fully saturated rings. The first-order chi connectivity index (χ1) is 10.1. The van der Waals surface area contributed by atoms with Gasteiger partial charge in [0.05, 0.1) is 0 Å². The van der Waals surface area contributed by atoms with E-state index in [9.17, 15) is 0 Å². The van der Waals surface area contributed by atoms with Gasteiger partial charge in [-0.05, 0) is 30.5 Å². The second kappa shape index (κ2) is 5.94. The van der Waals surface area contributed by atoms with Gasteiger partial charge in [0.2, 0.25) is 0 Å². The molecule has 0 aromatic heterocycles. The zero-order valence-electron chi connectivity index (χ0n) is 13.7. The summed E-state index contributed by atoms with van der Waals surface area (Å²) >= 11 is 0. The van der Waals surface area contributed by atoms with Crippen LogP contribution in [0, 0.1) is 11.3 Å². The first kappa shape index (κ1) is 14.8. The van der Waals surface area contributed by atoms with Crippen LogP contribution in [-0.2, 0) is 0 Å². The fourth-order valence-corrected chi connectivity index (χ4v) is 3.86. The van der Waals surface area contributed by atoms with E-state index in [-0.39, 0.29) is 0 Å². The molecular weight excluding hydrogens is 256 g/mol. The SMILES string of the molecule is CC(C)CC=C(CN1CC2(CN(C)C2)C1)c1ccccc1. The first-order valence-corrected chi connectivity index (χ1v) is 8.22. The normalized spacial score (nSPS) is 22.4. The molecule has 0 bridgehead atoms. The lowest BCUT2D eigenvalue weighted by atomic mass is 9.73. The van der Waals surface area contributed by atoms with Crippen molar-refractivity contribution in [1.29, 1.82) is 0 Å². The third-order valence-electron chi connectivity index (χ3n) is 4.70. The van der Waals surface area contributed by atoms with E-state index in [1.807, 2.05) is 0 Å². The molecule has 0 saturated carbocycles. The third kappa shape index (κ3) is 3.38. The monoisotopic (exact) mass is 284 g/mol. The third-order valence-corrected chi connectivity index (χ3v) is 4.70. The Bertz CT molecular complexity index is 490. The molecular formula is C19H28N2. The van der Waals surface area contributed by atoms with Crippen LogP contribution >= 0.6 is 0 Å². The number of hydrogen-bond acceptors (Lipinski definition) is 2. The Labute approximate surface area is 129 Å². The molecule has 1 spiro atoms. The van der Waals surface area contributed by atoms with Crippen molar-refractivity contribution < 1.29 is 0 Å². The van der Waals surface area contributed by atoms with Crippen molar-refractivity contribution in [2.45, 2.75) is 20.3 Å². The minimum Gasteiger partial charge on any atom is -0.305 e. The fraction of sp³-hybridized carbons (Fsp3) is 0.579. The molecule has 2 saturated heterocycles. The van der Waals surface area contributed by atoms with E-state index in [1.54, 1.807) is 0 Å². The fourth-order valence-electron chi connectivity index (χ4n) is 3.86. The second-order valence-corrected chi connectivity index (χ2v) is 7.54. The van der Waals surface area contributed by atoms with Gasteiger partial charge in [0.25, 0.3) is 0 Å². The van der Waals surface area contributed by atoms with Crippen molar-refractivity contribution in [2.24, 2.45) is 11.3 Å². The Hall–Kier alpha value is -1.12. The Morgan fingerprint density at radius 2 is 1.81 bits per heavy atom. The summed E-state index contributed by atoms with van der Waals surface area (Å²) < 4.78 is 0. The molecule has 1 aromatic rings. The minimum atomic E-state index is 0.634. The Morgan fingerprint density at radius 3 is 2.38 bits per heavy atom. The van der Waals surface area contributed by atoms with Crippen LogP contribution in [0.1, 0.15) is 25.8 Å². The van der Waals surface area contributed by atoms with E-state index in [0.29, 0.717) is 5.41 Å². The second-order valence-electron chi connectivity index (χ2n) is 7.54. The number of allylic oxidation sites excluding steroid dienone is 1. The van der Waals surface area contributed by atoms with E-state index < -0.39 is 0 Å². The summed E-state index contributed by atoms with van der Waals surface area (Å²) in [7, 11) is 2.23. The summed E-state index contributed by atoms with van der Waals surface area (Å²) in [6.45, 7) is 10.8. The quantitative estimate of drug-likeness (QED) is 0.818. The van der Waals surface area contributed by atoms with Gasteiger partial charge in [-0.3, -0.25) is 4.90 Å². The molecule has 2 aliphatic rings. The minimum absolute atomic E-state index is 0.634. The molecule has 0 unspecified atom stereocenters. The lowest BCUT2D eigenvalue weighted by molar-refractivity contribution is -0.0982. The van der Waals surface area contributed by atoms with Crippen molar-refractivity contribution in [3.8, 4) is 0 Å². The lowest BCUT2D eigenvalue weighted by Crippen LogP contribution is -2.71. The highest BCUT2D eigenvalue weighted by atomic mass is 15.3. The number of hydrogen-bond donors (Lipinski definition) is 0. The van der Waals surface area contributed by atoms with Crippen LogP contribution in [0.4, 0.5) is 0 Å². The maximum Gasteiger partial charge on any atom is 0.0237 e. The first-order valence-electron chi connectivity index (χ1n) is 8.22. The summed E-state index contributed by atoms with van der Waals surface area (Å²) in [5, 5.41) is 0. The van der Waals surface area contributed by atoms with E-state index in [1.165, 1.54) is 43.7 Å². The highest BCUT2D eigenvalue weighted by molar-refractivity contribution is 5.67. The van der Waals surface area contributed by atoms with Gasteiger partial charge in [0.1, 0.15) is 0 Å². The van der Waals surface area contributed by atoms with Gasteiger partial charge in [0.15, 0.2) is 0 Å². The molecule has 21 heavy (non-hydrogen) atoms. The summed E-state index contributed by atoms with van der Waals surface area (Å²) in [5.41, 5.74) is 3.53. The van der Waals surface area contributed by atoms with Crippen LogP contribution in [0.15, 0.2) is 36.4 Å². The van der Waals surface area contributed by atoms with Gasteiger partial charge >= 0.3 is 0 Å². The molecule has 0 N–H and O–H groups in total. The van der Waals surface area contributed by atoms with E-state index in [4.69, 9.17) is 0 Å². The van der Waals surface area contributed by atoms with Crippen LogP contribution < -0.4 is 0 Å². The summed E-state index contributed by atoms with van der Waals surface area (Å²) in [4.78, 5) is 5.05. The molecule has 2 heterocycles. The molecule has 2 nitrogen and oxygen atoms in total. The Morgan fingerprint density at radius 1 is 1.14 bits per heavy atom. The van der Waals surface area contributed by atoms with Crippen LogP contribution in [0.5, 0.6) is 0 Å². The molecule has 0 amide bonds. The topological polar surface area (TPSA) is 6.48 Å². The van der Waals surface area contributed by atoms with Crippen molar-refractivity contribution in [3.63, 3.8) is 0 Å². The van der Waals surface area contributed by atoms with Crippen molar-refractivity contribution in [3.05, 3.63) is 42.0 Å². The summed E-state index contributed by atoms with van der Waals surface area (Å²) in [6, 6.07) is 10.9. The van der Waals surface area contributed by atoms with Crippen LogP contribution in [-0.4, -0.2) is 49.6 Å². The molecule has 114 valence electrons. The molecule has 1 aromatic carbocycles. The van der Waals surface area contributed by atoms with Gasteiger partial charge in [-0.25, -0.2) is 0 Å². The average molecular weight is 284 g/mol. The van der Waals surface area contributed by atoms with Gasteiger partial charge in [-0.1, -0.05) is 50.3 Å². The van der Waals surface area contributed by atoms with E-state index >= 15 is 0 Å². The number of rotatable bonds is 5. The zero-order valence-corrected chi connectivity index (χ0v) is 13.7. The van der Waals surface area contributed by atoms with E-state index in [2.05, 4.69) is 67.1 Å². The van der Waals surface area contributed by atoms with Gasteiger partial charge in [-0.2, -0.15) is 0 Å². The predicted molar refractivity (Wildman–Crippen MR) is 90.2 cm³/mol. The van der Waals surface area contributed by atoms with Crippen molar-refractivity contribution in [1.82, 2.24) is 9.80 Å². The lowest BCUT2D eigenvalue weighted by Gasteiger charge is -2.60. The molecule has 0 radical (unpaired) electrons. The van der Waals surface area contributed by atoms with Crippen LogP contribution in [0.2, 0.25) is 0 Å². The predicted octanol–water partition coefficient (Wildman–Crippen LogP) is 3.36. The maximum atomic E-state index is 2.62. The van der Waals surface area contributed by atoms with Crippen LogP contribution in [0.25, 0.3) is 5.57 Å². The molecule has 2 aliphatic heterocycles. The number of nitrogens with zero attached hydrogens (tertiary/aromatic N) is 2. The standard InChI is InChI=1S/C19H28N2/c1-16(2)9-10-18(17-7-5-4-6-8-17)11-21-14-19(15-21)12-20(3)13-19/h4-8,10,16H,9,11-15H2,1-3H3. The number of likely N-dealkylation sites (tertiary alicyclic amines) is 2. The van der Waals surface area contributed by atoms with Crippen LogP contribution in [0.3, 0.4) is 0 Å².